The fraction of sp³-hybridized carbons (Fsp3) is 0.533. The number of carboxylic acids is 1. The van der Waals surface area contributed by atoms with Gasteiger partial charge in [0, 0.05) is 5.56 Å². The van der Waals surface area contributed by atoms with Gasteiger partial charge in [-0.25, -0.2) is 0 Å². The number of benzene rings is 1. The predicted octanol–water partition coefficient (Wildman–Crippen LogP) is 3.37. The van der Waals surface area contributed by atoms with Crippen LogP contribution in [0.1, 0.15) is 31.2 Å². The number of methoxy groups -OCH3 is 3. The van der Waals surface area contributed by atoms with Gasteiger partial charge in [-0.05, 0) is 34.8 Å². The normalized spacial score (nSPS) is 16.6. The molecule has 0 spiro atoms. The first-order chi connectivity index (χ1) is 10.0. The van der Waals surface area contributed by atoms with Crippen LogP contribution in [-0.4, -0.2) is 32.4 Å². The second-order valence-corrected chi connectivity index (χ2v) is 5.89. The topological polar surface area (TPSA) is 65.0 Å². The Morgan fingerprint density at radius 2 is 1.71 bits per heavy atom. The molecule has 21 heavy (non-hydrogen) atoms. The van der Waals surface area contributed by atoms with E-state index in [1.807, 2.05) is 0 Å². The Kier molecular flexibility index (Phi) is 4.66. The number of rotatable bonds is 5. The van der Waals surface area contributed by atoms with Gasteiger partial charge in [-0.15, -0.1) is 0 Å². The highest BCUT2D eigenvalue weighted by molar-refractivity contribution is 9.10. The highest BCUT2D eigenvalue weighted by atomic mass is 79.9. The second kappa shape index (κ2) is 6.13. The van der Waals surface area contributed by atoms with E-state index in [2.05, 4.69) is 15.9 Å². The third-order valence-corrected chi connectivity index (χ3v) is 4.87. The zero-order chi connectivity index (χ0) is 15.6. The van der Waals surface area contributed by atoms with E-state index in [4.69, 9.17) is 14.2 Å². The lowest BCUT2D eigenvalue weighted by atomic mass is 9.78. The van der Waals surface area contributed by atoms with E-state index in [-0.39, 0.29) is 0 Å². The van der Waals surface area contributed by atoms with Crippen LogP contribution in [0.2, 0.25) is 0 Å². The molecule has 0 saturated heterocycles. The molecular weight excluding hydrogens is 340 g/mol. The van der Waals surface area contributed by atoms with Gasteiger partial charge in [-0.1, -0.05) is 12.8 Å². The number of hydrogen-bond acceptors (Lipinski definition) is 4. The van der Waals surface area contributed by atoms with E-state index >= 15 is 0 Å². The Hall–Kier alpha value is -1.43. The molecule has 1 aliphatic carbocycles. The van der Waals surface area contributed by atoms with Gasteiger partial charge in [0.2, 0.25) is 0 Å². The van der Waals surface area contributed by atoms with Crippen molar-refractivity contribution >= 4 is 21.9 Å². The van der Waals surface area contributed by atoms with Crippen molar-refractivity contribution < 1.29 is 24.1 Å². The third-order valence-electron chi connectivity index (χ3n) is 4.15. The van der Waals surface area contributed by atoms with E-state index in [0.717, 1.165) is 12.8 Å². The molecular formula is C15H19BrO5. The van der Waals surface area contributed by atoms with E-state index in [9.17, 15) is 9.90 Å². The third kappa shape index (κ3) is 2.46. The highest BCUT2D eigenvalue weighted by Crippen LogP contribution is 2.52. The van der Waals surface area contributed by atoms with Gasteiger partial charge in [0.05, 0.1) is 26.7 Å². The Morgan fingerprint density at radius 3 is 2.14 bits per heavy atom. The smallest absolute Gasteiger partial charge is 0.314 e. The van der Waals surface area contributed by atoms with Crippen molar-refractivity contribution in [2.45, 2.75) is 31.1 Å². The Bertz CT molecular complexity index is 549. The molecule has 0 atom stereocenters. The first-order valence-corrected chi connectivity index (χ1v) is 7.53. The number of carboxylic acid groups (broad SMARTS) is 1. The van der Waals surface area contributed by atoms with Crippen molar-refractivity contribution in [2.24, 2.45) is 0 Å². The Morgan fingerprint density at radius 1 is 1.14 bits per heavy atom. The minimum Gasteiger partial charge on any atom is -0.495 e. The van der Waals surface area contributed by atoms with Crippen molar-refractivity contribution in [1.82, 2.24) is 0 Å². The van der Waals surface area contributed by atoms with Crippen molar-refractivity contribution in [3.05, 3.63) is 16.1 Å². The summed E-state index contributed by atoms with van der Waals surface area (Å²) in [5, 5.41) is 9.78. The molecule has 116 valence electrons. The summed E-state index contributed by atoms with van der Waals surface area (Å²) in [5.74, 6) is 0.665. The average Bonchev–Trinajstić information content (AvgIpc) is 2.96. The van der Waals surface area contributed by atoms with Crippen LogP contribution in [-0.2, 0) is 10.2 Å². The van der Waals surface area contributed by atoms with Crippen molar-refractivity contribution in [2.75, 3.05) is 21.3 Å². The Balaban J connectivity index is 2.73. The molecule has 1 aromatic carbocycles. The molecule has 0 radical (unpaired) electrons. The standard InChI is InChI=1S/C15H19BrO5/c1-19-10-8-9(12(20-2)11(16)13(10)21-3)15(14(17)18)6-4-5-7-15/h8H,4-7H2,1-3H3,(H,17,18). The molecule has 1 aromatic rings. The largest absolute Gasteiger partial charge is 0.495 e. The molecule has 0 aromatic heterocycles. The number of ether oxygens (including phenoxy) is 3. The van der Waals surface area contributed by atoms with Gasteiger partial charge in [0.15, 0.2) is 11.5 Å². The summed E-state index contributed by atoms with van der Waals surface area (Å²) in [4.78, 5) is 11.9. The molecule has 0 amide bonds. The summed E-state index contributed by atoms with van der Waals surface area (Å²) >= 11 is 3.44. The SMILES string of the molecule is COc1cc(C2(C(=O)O)CCCC2)c(OC)c(Br)c1OC. The molecule has 0 aliphatic heterocycles. The van der Waals surface area contributed by atoms with Crippen LogP contribution >= 0.6 is 15.9 Å². The molecule has 1 fully saturated rings. The molecule has 0 heterocycles. The van der Waals surface area contributed by atoms with E-state index < -0.39 is 11.4 Å². The van der Waals surface area contributed by atoms with E-state index in [1.54, 1.807) is 6.07 Å². The minimum atomic E-state index is -0.923. The first-order valence-electron chi connectivity index (χ1n) is 6.74. The lowest BCUT2D eigenvalue weighted by Crippen LogP contribution is -2.33. The number of halogens is 1. The van der Waals surface area contributed by atoms with Gasteiger partial charge in [0.25, 0.3) is 0 Å². The maximum absolute atomic E-state index is 11.9. The fourth-order valence-corrected chi connectivity index (χ4v) is 3.80. The predicted molar refractivity (Wildman–Crippen MR) is 81.6 cm³/mol. The number of aliphatic carboxylic acids is 1. The minimum absolute atomic E-state index is 0.493. The van der Waals surface area contributed by atoms with Crippen LogP contribution in [0.3, 0.4) is 0 Å². The summed E-state index contributed by atoms with van der Waals surface area (Å²) in [6.45, 7) is 0. The van der Waals surface area contributed by atoms with Crippen molar-refractivity contribution in [3.8, 4) is 17.2 Å². The van der Waals surface area contributed by atoms with Crippen LogP contribution in [0.25, 0.3) is 0 Å². The molecule has 1 saturated carbocycles. The summed E-state index contributed by atoms with van der Waals surface area (Å²) in [6.07, 6.45) is 2.98. The van der Waals surface area contributed by atoms with Gasteiger partial charge < -0.3 is 19.3 Å². The monoisotopic (exact) mass is 358 g/mol. The van der Waals surface area contributed by atoms with Gasteiger partial charge in [-0.3, -0.25) is 4.79 Å². The lowest BCUT2D eigenvalue weighted by Gasteiger charge is -2.28. The highest BCUT2D eigenvalue weighted by Gasteiger charge is 2.46. The van der Waals surface area contributed by atoms with Crippen LogP contribution in [0.15, 0.2) is 10.5 Å². The number of carbonyl (C=O) groups is 1. The molecule has 0 unspecified atom stereocenters. The summed E-state index contributed by atoms with van der Waals surface area (Å²) < 4.78 is 16.7. The van der Waals surface area contributed by atoms with Gasteiger partial charge >= 0.3 is 5.97 Å². The average molecular weight is 359 g/mol. The van der Waals surface area contributed by atoms with E-state index in [0.29, 0.717) is 40.1 Å². The Labute approximate surface area is 132 Å². The molecule has 1 aliphatic rings. The van der Waals surface area contributed by atoms with E-state index in [1.165, 1.54) is 21.3 Å². The number of hydrogen-bond donors (Lipinski definition) is 1. The molecule has 2 rings (SSSR count). The molecule has 5 nitrogen and oxygen atoms in total. The van der Waals surface area contributed by atoms with Crippen molar-refractivity contribution in [1.29, 1.82) is 0 Å². The zero-order valence-electron chi connectivity index (χ0n) is 12.4. The van der Waals surface area contributed by atoms with Crippen LogP contribution in [0.4, 0.5) is 0 Å². The van der Waals surface area contributed by atoms with Gasteiger partial charge in [-0.2, -0.15) is 0 Å². The molecule has 1 N–H and O–H groups in total. The van der Waals surface area contributed by atoms with Gasteiger partial charge in [0.1, 0.15) is 10.2 Å². The van der Waals surface area contributed by atoms with Crippen LogP contribution in [0.5, 0.6) is 17.2 Å². The quantitative estimate of drug-likeness (QED) is 0.873. The zero-order valence-corrected chi connectivity index (χ0v) is 13.9. The lowest BCUT2D eigenvalue weighted by molar-refractivity contribution is -0.143. The maximum atomic E-state index is 11.9. The second-order valence-electron chi connectivity index (χ2n) is 5.10. The summed E-state index contributed by atoms with van der Waals surface area (Å²) in [6, 6.07) is 1.72. The fourth-order valence-electron chi connectivity index (χ4n) is 3.07. The summed E-state index contributed by atoms with van der Waals surface area (Å²) in [5.41, 5.74) is -0.285. The van der Waals surface area contributed by atoms with Crippen molar-refractivity contribution in [3.63, 3.8) is 0 Å². The first kappa shape index (κ1) is 15.9. The maximum Gasteiger partial charge on any atom is 0.314 e. The molecule has 6 heteroatoms. The van der Waals surface area contributed by atoms with Crippen LogP contribution < -0.4 is 14.2 Å². The van der Waals surface area contributed by atoms with Crippen LogP contribution in [0, 0.1) is 0 Å². The summed E-state index contributed by atoms with van der Waals surface area (Å²) in [7, 11) is 4.59. The molecule has 0 bridgehead atoms.